The Morgan fingerprint density at radius 1 is 0.762 bits per heavy atom. The Balaban J connectivity index is 1.34. The van der Waals surface area contributed by atoms with Crippen LogP contribution >= 0.6 is 0 Å². The molecule has 42 heavy (non-hydrogen) atoms. The van der Waals surface area contributed by atoms with E-state index in [0.29, 0.717) is 18.8 Å². The lowest BCUT2D eigenvalue weighted by molar-refractivity contribution is 0.0547. The fraction of sp³-hybridized carbons (Fsp3) is 0.270. The molecule has 0 unspecified atom stereocenters. The molecule has 1 atom stereocenters. The molecule has 218 valence electrons. The van der Waals surface area contributed by atoms with Gasteiger partial charge in [-0.05, 0) is 65.9 Å². The van der Waals surface area contributed by atoms with Crippen molar-refractivity contribution in [3.05, 3.63) is 149 Å². The van der Waals surface area contributed by atoms with Gasteiger partial charge in [-0.2, -0.15) is 0 Å². The average molecular weight is 563 g/mol. The van der Waals surface area contributed by atoms with Gasteiger partial charge in [-0.15, -0.1) is 0 Å². The number of rotatable bonds is 15. The Morgan fingerprint density at radius 3 is 1.86 bits per heavy atom. The molecule has 0 radical (unpaired) electrons. The van der Waals surface area contributed by atoms with Crippen LogP contribution in [0.15, 0.2) is 127 Å². The highest BCUT2D eigenvalue weighted by atomic mass is 16.5. The van der Waals surface area contributed by atoms with Crippen molar-refractivity contribution in [1.29, 1.82) is 0 Å². The van der Waals surface area contributed by atoms with Crippen molar-refractivity contribution in [1.82, 2.24) is 4.90 Å². The SMILES string of the molecule is C/C(=C\COC(=O)c1ccc(N(C)C)cc1)COCC[C@@H](c1ccccc1)N(Cc1ccccc1)Cc1ccccc1. The van der Waals surface area contributed by atoms with Crippen LogP contribution in [0.5, 0.6) is 0 Å². The number of nitrogens with zero attached hydrogens (tertiary/aromatic N) is 2. The monoisotopic (exact) mass is 562 g/mol. The summed E-state index contributed by atoms with van der Waals surface area (Å²) in [5.74, 6) is -0.326. The topological polar surface area (TPSA) is 42.0 Å². The summed E-state index contributed by atoms with van der Waals surface area (Å²) < 4.78 is 11.6. The fourth-order valence-electron chi connectivity index (χ4n) is 4.87. The second-order valence-electron chi connectivity index (χ2n) is 10.7. The first-order valence-electron chi connectivity index (χ1n) is 14.5. The molecule has 0 saturated heterocycles. The summed E-state index contributed by atoms with van der Waals surface area (Å²) in [6, 6.07) is 39.6. The Hall–Kier alpha value is -4.19. The summed E-state index contributed by atoms with van der Waals surface area (Å²) in [6.07, 6.45) is 2.77. The molecule has 5 nitrogen and oxygen atoms in total. The first-order valence-corrected chi connectivity index (χ1v) is 14.5. The van der Waals surface area contributed by atoms with Crippen molar-refractivity contribution < 1.29 is 14.3 Å². The second-order valence-corrected chi connectivity index (χ2v) is 10.7. The van der Waals surface area contributed by atoms with Crippen molar-refractivity contribution in [2.24, 2.45) is 0 Å². The van der Waals surface area contributed by atoms with Gasteiger partial charge in [0.05, 0.1) is 12.2 Å². The molecule has 0 bridgehead atoms. The van der Waals surface area contributed by atoms with Gasteiger partial charge in [0.1, 0.15) is 6.61 Å². The maximum Gasteiger partial charge on any atom is 0.338 e. The summed E-state index contributed by atoms with van der Waals surface area (Å²) in [6.45, 7) is 5.02. The molecular formula is C37H42N2O3. The smallest absolute Gasteiger partial charge is 0.338 e. The van der Waals surface area contributed by atoms with Crippen LogP contribution in [0.1, 0.15) is 46.4 Å². The molecule has 0 N–H and O–H groups in total. The van der Waals surface area contributed by atoms with E-state index in [4.69, 9.17) is 9.47 Å². The number of benzene rings is 4. The first-order chi connectivity index (χ1) is 20.5. The van der Waals surface area contributed by atoms with E-state index in [1.54, 1.807) is 12.1 Å². The van der Waals surface area contributed by atoms with Gasteiger partial charge in [0.25, 0.3) is 0 Å². The molecular weight excluding hydrogens is 520 g/mol. The van der Waals surface area contributed by atoms with Gasteiger partial charge >= 0.3 is 5.97 Å². The largest absolute Gasteiger partial charge is 0.458 e. The van der Waals surface area contributed by atoms with Gasteiger partial charge in [0.2, 0.25) is 0 Å². The molecule has 4 aromatic carbocycles. The van der Waals surface area contributed by atoms with E-state index in [9.17, 15) is 4.79 Å². The Kier molecular flexibility index (Phi) is 11.9. The van der Waals surface area contributed by atoms with Crippen molar-refractivity contribution in [3.8, 4) is 0 Å². The third kappa shape index (κ3) is 9.72. The number of esters is 1. The van der Waals surface area contributed by atoms with Crippen LogP contribution in [-0.2, 0) is 22.6 Å². The average Bonchev–Trinajstić information content (AvgIpc) is 3.02. The van der Waals surface area contributed by atoms with Gasteiger partial charge < -0.3 is 14.4 Å². The number of anilines is 1. The molecule has 0 saturated carbocycles. The Morgan fingerprint density at radius 2 is 1.31 bits per heavy atom. The summed E-state index contributed by atoms with van der Waals surface area (Å²) >= 11 is 0. The molecule has 0 aromatic heterocycles. The molecule has 0 spiro atoms. The van der Waals surface area contributed by atoms with Gasteiger partial charge in [-0.25, -0.2) is 4.79 Å². The van der Waals surface area contributed by atoms with Crippen molar-refractivity contribution in [2.45, 2.75) is 32.5 Å². The van der Waals surface area contributed by atoms with Gasteiger partial charge in [-0.3, -0.25) is 4.90 Å². The minimum atomic E-state index is -0.326. The summed E-state index contributed by atoms with van der Waals surface area (Å²) in [4.78, 5) is 16.9. The third-order valence-electron chi connectivity index (χ3n) is 7.21. The van der Waals surface area contributed by atoms with E-state index in [1.165, 1.54) is 16.7 Å². The quantitative estimate of drug-likeness (QED) is 0.0844. The van der Waals surface area contributed by atoms with Gasteiger partial charge in [0.15, 0.2) is 0 Å². The number of carbonyl (C=O) groups excluding carboxylic acids is 1. The summed E-state index contributed by atoms with van der Waals surface area (Å²) in [5, 5.41) is 0. The fourth-order valence-corrected chi connectivity index (χ4v) is 4.87. The molecule has 5 heteroatoms. The number of carbonyl (C=O) groups is 1. The van der Waals surface area contributed by atoms with Gasteiger partial charge in [0, 0.05) is 45.5 Å². The predicted molar refractivity (Wildman–Crippen MR) is 172 cm³/mol. The van der Waals surface area contributed by atoms with Crippen LogP contribution in [0.25, 0.3) is 0 Å². The lowest BCUT2D eigenvalue weighted by Crippen LogP contribution is -2.29. The third-order valence-corrected chi connectivity index (χ3v) is 7.21. The zero-order valence-electron chi connectivity index (χ0n) is 25.0. The number of ether oxygens (including phenoxy) is 2. The van der Waals surface area contributed by atoms with E-state index in [2.05, 4.69) is 95.9 Å². The van der Waals surface area contributed by atoms with Crippen molar-refractivity contribution >= 4 is 11.7 Å². The lowest BCUT2D eigenvalue weighted by atomic mass is 10.0. The minimum Gasteiger partial charge on any atom is -0.458 e. The van der Waals surface area contributed by atoms with Crippen LogP contribution in [0.2, 0.25) is 0 Å². The molecule has 0 fully saturated rings. The molecule has 0 aliphatic heterocycles. The van der Waals surface area contributed by atoms with Crippen molar-refractivity contribution in [3.63, 3.8) is 0 Å². The molecule has 0 heterocycles. The van der Waals surface area contributed by atoms with Crippen LogP contribution < -0.4 is 4.90 Å². The van der Waals surface area contributed by atoms with Crippen molar-refractivity contribution in [2.75, 3.05) is 38.8 Å². The normalized spacial score (nSPS) is 12.2. The predicted octanol–water partition coefficient (Wildman–Crippen LogP) is 7.71. The van der Waals surface area contributed by atoms with Crippen LogP contribution in [-0.4, -0.2) is 44.8 Å². The zero-order chi connectivity index (χ0) is 29.6. The maximum atomic E-state index is 12.4. The Labute approximate surface area is 251 Å². The highest BCUT2D eigenvalue weighted by Gasteiger charge is 2.21. The summed E-state index contributed by atoms with van der Waals surface area (Å²) in [7, 11) is 3.94. The highest BCUT2D eigenvalue weighted by molar-refractivity contribution is 5.89. The molecule has 0 aliphatic rings. The lowest BCUT2D eigenvalue weighted by Gasteiger charge is -2.32. The minimum absolute atomic E-state index is 0.190. The summed E-state index contributed by atoms with van der Waals surface area (Å²) in [5.41, 5.74) is 6.48. The number of hydrogen-bond acceptors (Lipinski definition) is 5. The molecule has 0 aliphatic carbocycles. The molecule has 4 aromatic rings. The van der Waals surface area contributed by atoms with E-state index in [0.717, 1.165) is 30.8 Å². The van der Waals surface area contributed by atoms with Crippen LogP contribution in [0.3, 0.4) is 0 Å². The second kappa shape index (κ2) is 16.3. The Bertz CT molecular complexity index is 1330. The van der Waals surface area contributed by atoms with E-state index in [1.807, 2.05) is 44.1 Å². The highest BCUT2D eigenvalue weighted by Crippen LogP contribution is 2.28. The standard InChI is InChI=1S/C37H42N2O3/c1-30(23-26-42-37(40)34-19-21-35(22-20-34)38(2)3)29-41-25-24-36(33-17-11-6-12-18-33)39(27-31-13-7-4-8-14-31)28-32-15-9-5-10-16-32/h4-23,36H,24-29H2,1-3H3/b30-23+/t36-/m0/s1. The van der Waals surface area contributed by atoms with E-state index < -0.39 is 0 Å². The zero-order valence-corrected chi connectivity index (χ0v) is 25.0. The van der Waals surface area contributed by atoms with E-state index >= 15 is 0 Å². The van der Waals surface area contributed by atoms with Crippen LogP contribution in [0.4, 0.5) is 5.69 Å². The number of hydrogen-bond donors (Lipinski definition) is 0. The first kappa shape index (κ1) is 30.8. The molecule has 0 amide bonds. The van der Waals surface area contributed by atoms with Gasteiger partial charge in [-0.1, -0.05) is 91.0 Å². The van der Waals surface area contributed by atoms with Crippen LogP contribution in [0, 0.1) is 0 Å². The van der Waals surface area contributed by atoms with E-state index in [-0.39, 0.29) is 18.6 Å². The maximum absolute atomic E-state index is 12.4. The molecule has 4 rings (SSSR count).